The third-order valence-electron chi connectivity index (χ3n) is 2.87. The third kappa shape index (κ3) is 3.65. The zero-order valence-electron chi connectivity index (χ0n) is 10.2. The molecule has 0 bridgehead atoms. The van der Waals surface area contributed by atoms with Crippen molar-refractivity contribution in [3.63, 3.8) is 0 Å². The van der Waals surface area contributed by atoms with Crippen LogP contribution in [0.15, 0.2) is 53.0 Å². The second kappa shape index (κ2) is 6.12. The summed E-state index contributed by atoms with van der Waals surface area (Å²) in [4.78, 5) is 0. The third-order valence-corrected chi connectivity index (χ3v) is 3.36. The van der Waals surface area contributed by atoms with Gasteiger partial charge >= 0.3 is 0 Å². The number of hydrogen-bond donors (Lipinski definition) is 1. The van der Waals surface area contributed by atoms with Crippen molar-refractivity contribution in [3.05, 3.63) is 69.9 Å². The molecule has 18 heavy (non-hydrogen) atoms. The smallest absolute Gasteiger partial charge is 0.123 e. The summed E-state index contributed by atoms with van der Waals surface area (Å²) in [5, 5.41) is 3.42. The molecule has 0 unspecified atom stereocenters. The molecule has 0 saturated heterocycles. The Morgan fingerprint density at radius 1 is 1.17 bits per heavy atom. The van der Waals surface area contributed by atoms with Crippen molar-refractivity contribution in [2.24, 2.45) is 0 Å². The van der Waals surface area contributed by atoms with Crippen molar-refractivity contribution >= 4 is 15.9 Å². The van der Waals surface area contributed by atoms with Gasteiger partial charge in [-0.1, -0.05) is 40.2 Å². The summed E-state index contributed by atoms with van der Waals surface area (Å²) < 4.78 is 13.9. The first-order valence-corrected chi connectivity index (χ1v) is 6.68. The largest absolute Gasteiger partial charge is 0.306 e. The number of halogens is 2. The van der Waals surface area contributed by atoms with Crippen molar-refractivity contribution < 1.29 is 4.39 Å². The maximum absolute atomic E-state index is 12.8. The van der Waals surface area contributed by atoms with E-state index in [1.165, 1.54) is 17.7 Å². The first-order chi connectivity index (χ1) is 8.65. The zero-order valence-corrected chi connectivity index (χ0v) is 11.7. The fourth-order valence-electron chi connectivity index (χ4n) is 1.79. The monoisotopic (exact) mass is 307 g/mol. The number of rotatable bonds is 4. The van der Waals surface area contributed by atoms with E-state index in [4.69, 9.17) is 0 Å². The van der Waals surface area contributed by atoms with E-state index in [1.807, 2.05) is 24.3 Å². The fraction of sp³-hybridized carbons (Fsp3) is 0.200. The highest BCUT2D eigenvalue weighted by Gasteiger charge is 2.04. The molecule has 0 aliphatic carbocycles. The number of hydrogen-bond acceptors (Lipinski definition) is 1. The molecule has 0 spiro atoms. The standard InChI is InChI=1S/C15H15BrFN/c1-11(13-5-7-15(17)8-6-13)18-10-12-3-2-4-14(16)9-12/h2-9,11,18H,10H2,1H3/t11-/m1/s1. The van der Waals surface area contributed by atoms with Gasteiger partial charge in [0.15, 0.2) is 0 Å². The molecule has 1 N–H and O–H groups in total. The Morgan fingerprint density at radius 3 is 2.56 bits per heavy atom. The van der Waals surface area contributed by atoms with Crippen LogP contribution in [0.25, 0.3) is 0 Å². The van der Waals surface area contributed by atoms with Gasteiger partial charge in [0, 0.05) is 17.1 Å². The summed E-state index contributed by atoms with van der Waals surface area (Å²) in [6, 6.07) is 15.0. The lowest BCUT2D eigenvalue weighted by atomic mass is 10.1. The number of benzene rings is 2. The van der Waals surface area contributed by atoms with Crippen molar-refractivity contribution in [1.82, 2.24) is 5.32 Å². The normalized spacial score (nSPS) is 12.4. The van der Waals surface area contributed by atoms with Gasteiger partial charge in [-0.05, 0) is 42.3 Å². The molecule has 0 amide bonds. The molecule has 0 saturated carbocycles. The average molecular weight is 308 g/mol. The van der Waals surface area contributed by atoms with Crippen LogP contribution in [0.5, 0.6) is 0 Å². The molecule has 0 aliphatic heterocycles. The van der Waals surface area contributed by atoms with Crippen LogP contribution in [-0.4, -0.2) is 0 Å². The SMILES string of the molecule is C[C@@H](NCc1cccc(Br)c1)c1ccc(F)cc1. The lowest BCUT2D eigenvalue weighted by molar-refractivity contribution is 0.571. The van der Waals surface area contributed by atoms with Crippen LogP contribution in [0.3, 0.4) is 0 Å². The molecule has 94 valence electrons. The molecule has 2 aromatic carbocycles. The Balaban J connectivity index is 1.96. The van der Waals surface area contributed by atoms with E-state index in [9.17, 15) is 4.39 Å². The van der Waals surface area contributed by atoms with Gasteiger partial charge in [0.05, 0.1) is 0 Å². The Hall–Kier alpha value is -1.19. The fourth-order valence-corrected chi connectivity index (χ4v) is 2.23. The maximum atomic E-state index is 12.8. The first kappa shape index (κ1) is 13.2. The van der Waals surface area contributed by atoms with Crippen LogP contribution in [-0.2, 0) is 6.54 Å². The summed E-state index contributed by atoms with van der Waals surface area (Å²) in [6.07, 6.45) is 0. The average Bonchev–Trinajstić information content (AvgIpc) is 2.37. The van der Waals surface area contributed by atoms with E-state index >= 15 is 0 Å². The maximum Gasteiger partial charge on any atom is 0.123 e. The minimum absolute atomic E-state index is 0.196. The van der Waals surface area contributed by atoms with E-state index in [-0.39, 0.29) is 11.9 Å². The molecular formula is C15H15BrFN. The predicted octanol–water partition coefficient (Wildman–Crippen LogP) is 4.44. The molecule has 0 aliphatic rings. The van der Waals surface area contributed by atoms with Crippen LogP contribution in [0.4, 0.5) is 4.39 Å². The van der Waals surface area contributed by atoms with E-state index in [0.29, 0.717) is 0 Å². The summed E-state index contributed by atoms with van der Waals surface area (Å²) in [5.41, 5.74) is 2.31. The van der Waals surface area contributed by atoms with Gasteiger partial charge < -0.3 is 5.32 Å². The molecule has 1 nitrogen and oxygen atoms in total. The zero-order chi connectivity index (χ0) is 13.0. The minimum atomic E-state index is -0.196. The van der Waals surface area contributed by atoms with Crippen molar-refractivity contribution in [2.45, 2.75) is 19.5 Å². The quantitative estimate of drug-likeness (QED) is 0.880. The van der Waals surface area contributed by atoms with Crippen molar-refractivity contribution in [1.29, 1.82) is 0 Å². The Kier molecular flexibility index (Phi) is 4.50. The highest BCUT2D eigenvalue weighted by atomic mass is 79.9. The first-order valence-electron chi connectivity index (χ1n) is 5.88. The highest BCUT2D eigenvalue weighted by molar-refractivity contribution is 9.10. The molecule has 2 aromatic rings. The highest BCUT2D eigenvalue weighted by Crippen LogP contribution is 2.15. The van der Waals surface area contributed by atoms with Gasteiger partial charge in [0.1, 0.15) is 5.82 Å². The van der Waals surface area contributed by atoms with Gasteiger partial charge in [-0.15, -0.1) is 0 Å². The van der Waals surface area contributed by atoms with Gasteiger partial charge in [-0.2, -0.15) is 0 Å². The van der Waals surface area contributed by atoms with Crippen LogP contribution in [0.2, 0.25) is 0 Å². The lowest BCUT2D eigenvalue weighted by Crippen LogP contribution is -2.18. The molecule has 2 rings (SSSR count). The van der Waals surface area contributed by atoms with Crippen LogP contribution < -0.4 is 5.32 Å². The van der Waals surface area contributed by atoms with Crippen LogP contribution in [0.1, 0.15) is 24.1 Å². The summed E-state index contributed by atoms with van der Waals surface area (Å²) >= 11 is 3.45. The van der Waals surface area contributed by atoms with Gasteiger partial charge in [-0.25, -0.2) is 4.39 Å². The number of nitrogens with one attached hydrogen (secondary N) is 1. The molecule has 0 heterocycles. The van der Waals surface area contributed by atoms with Crippen LogP contribution in [0, 0.1) is 5.82 Å². The van der Waals surface area contributed by atoms with Gasteiger partial charge in [0.2, 0.25) is 0 Å². The molecular weight excluding hydrogens is 293 g/mol. The Labute approximate surface area is 115 Å². The van der Waals surface area contributed by atoms with E-state index in [1.54, 1.807) is 0 Å². The molecule has 1 atom stereocenters. The van der Waals surface area contributed by atoms with Crippen molar-refractivity contribution in [3.8, 4) is 0 Å². The lowest BCUT2D eigenvalue weighted by Gasteiger charge is -2.14. The molecule has 0 aromatic heterocycles. The topological polar surface area (TPSA) is 12.0 Å². The van der Waals surface area contributed by atoms with Gasteiger partial charge in [0.25, 0.3) is 0 Å². The summed E-state index contributed by atoms with van der Waals surface area (Å²) in [7, 11) is 0. The minimum Gasteiger partial charge on any atom is -0.306 e. The van der Waals surface area contributed by atoms with Gasteiger partial charge in [-0.3, -0.25) is 0 Å². The second-order valence-corrected chi connectivity index (χ2v) is 5.20. The predicted molar refractivity (Wildman–Crippen MR) is 75.8 cm³/mol. The molecule has 3 heteroatoms. The van der Waals surface area contributed by atoms with E-state index < -0.39 is 0 Å². The summed E-state index contributed by atoms with van der Waals surface area (Å²) in [6.45, 7) is 2.86. The summed E-state index contributed by atoms with van der Waals surface area (Å²) in [5.74, 6) is -0.196. The molecule has 0 radical (unpaired) electrons. The second-order valence-electron chi connectivity index (χ2n) is 4.28. The van der Waals surface area contributed by atoms with Crippen LogP contribution >= 0.6 is 15.9 Å². The Morgan fingerprint density at radius 2 is 1.89 bits per heavy atom. The van der Waals surface area contributed by atoms with Crippen molar-refractivity contribution in [2.75, 3.05) is 0 Å². The van der Waals surface area contributed by atoms with E-state index in [0.717, 1.165) is 16.6 Å². The Bertz CT molecular complexity index is 510. The molecule has 0 fully saturated rings. The van der Waals surface area contributed by atoms with E-state index in [2.05, 4.69) is 40.3 Å².